The van der Waals surface area contributed by atoms with Crippen molar-refractivity contribution in [3.8, 4) is 17.1 Å². The molecule has 3 rings (SSSR count). The number of allylic oxidation sites excluding steroid dienone is 2. The zero-order valence-corrected chi connectivity index (χ0v) is 25.0. The summed E-state index contributed by atoms with van der Waals surface area (Å²) < 4.78 is 16.0. The van der Waals surface area contributed by atoms with E-state index in [0.717, 1.165) is 0 Å². The fourth-order valence-electron chi connectivity index (χ4n) is 4.46. The van der Waals surface area contributed by atoms with Crippen LogP contribution in [-0.2, 0) is 14.3 Å². The molecule has 4 N–H and O–H groups in total. The van der Waals surface area contributed by atoms with E-state index in [9.17, 15) is 14.7 Å². The topological polar surface area (TPSA) is 152 Å². The number of likely N-dealkylation sites (N-methyl/N-ethyl adjacent to an activating group) is 1. The Balaban J connectivity index is 2.00. The Kier molecular flexibility index (Phi) is 11.7. The first-order valence-electron chi connectivity index (χ1n) is 13.3. The molecule has 0 unspecified atom stereocenters. The van der Waals surface area contributed by atoms with E-state index in [-0.39, 0.29) is 24.8 Å². The molecule has 2 heterocycles. The van der Waals surface area contributed by atoms with E-state index in [1.165, 1.54) is 6.92 Å². The van der Waals surface area contributed by atoms with Gasteiger partial charge in [-0.25, -0.2) is 14.8 Å². The number of nitrogens with zero attached hydrogens (tertiary/aromatic N) is 4. The monoisotopic (exact) mass is 590 g/mol. The number of carbonyl (C=O) groups is 2. The van der Waals surface area contributed by atoms with E-state index in [0.29, 0.717) is 84.0 Å². The Bertz CT molecular complexity index is 1260. The lowest BCUT2D eigenvalue weighted by atomic mass is 10.0. The number of benzene rings is 1. The minimum Gasteiger partial charge on any atom is -0.491 e. The summed E-state index contributed by atoms with van der Waals surface area (Å²) >= 11 is 6.61. The van der Waals surface area contributed by atoms with Crippen LogP contribution < -0.4 is 20.7 Å². The van der Waals surface area contributed by atoms with Crippen LogP contribution in [0, 0.1) is 6.92 Å². The molecule has 224 valence electrons. The molecule has 1 aromatic heterocycles. The van der Waals surface area contributed by atoms with Crippen molar-refractivity contribution in [1.82, 2.24) is 20.2 Å². The van der Waals surface area contributed by atoms with Crippen LogP contribution >= 0.6 is 11.6 Å². The van der Waals surface area contributed by atoms with E-state index in [1.807, 2.05) is 11.8 Å². The zero-order valence-electron chi connectivity index (χ0n) is 24.2. The molecule has 1 amide bonds. The first-order valence-corrected chi connectivity index (χ1v) is 13.7. The van der Waals surface area contributed by atoms with Crippen molar-refractivity contribution < 1.29 is 28.9 Å². The molecular formula is C28H39ClN6O6. The van der Waals surface area contributed by atoms with E-state index >= 15 is 0 Å². The molecule has 1 aliphatic heterocycles. The molecule has 13 heteroatoms. The van der Waals surface area contributed by atoms with Gasteiger partial charge in [0.05, 0.1) is 22.9 Å². The average molecular weight is 591 g/mol. The SMILES string of the molecule is CNC[C@@H](O)COc1ccc(Cl)c(-c2nc(C(C(C)=O)=C(C)N)c(C)c(N3CCN(C(=O)OCCOC)CC3)n2)c1. The third kappa shape index (κ3) is 8.29. The lowest BCUT2D eigenvalue weighted by Crippen LogP contribution is -2.49. The maximum absolute atomic E-state index is 12.7. The van der Waals surface area contributed by atoms with E-state index in [4.69, 9.17) is 41.5 Å². The smallest absolute Gasteiger partial charge is 0.409 e. The van der Waals surface area contributed by atoms with Crippen LogP contribution in [0.1, 0.15) is 25.1 Å². The number of carbonyl (C=O) groups excluding carboxylic acids is 2. The normalized spacial score (nSPS) is 14.9. The predicted octanol–water partition coefficient (Wildman–Crippen LogP) is 2.25. The zero-order chi connectivity index (χ0) is 30.1. The molecule has 1 atom stereocenters. The molecule has 1 aliphatic rings. The Morgan fingerprint density at radius 2 is 1.88 bits per heavy atom. The summed E-state index contributed by atoms with van der Waals surface area (Å²) in [6.07, 6.45) is -1.09. The van der Waals surface area contributed by atoms with Gasteiger partial charge in [-0.2, -0.15) is 0 Å². The summed E-state index contributed by atoms with van der Waals surface area (Å²) in [6.45, 7) is 7.72. The highest BCUT2D eigenvalue weighted by molar-refractivity contribution is 6.33. The van der Waals surface area contributed by atoms with Crippen molar-refractivity contribution >= 4 is 34.9 Å². The van der Waals surface area contributed by atoms with Gasteiger partial charge in [-0.15, -0.1) is 0 Å². The van der Waals surface area contributed by atoms with Gasteiger partial charge in [0.2, 0.25) is 0 Å². The summed E-state index contributed by atoms with van der Waals surface area (Å²) in [5, 5.41) is 13.3. The van der Waals surface area contributed by atoms with Crippen LogP contribution in [0.2, 0.25) is 5.02 Å². The second-order valence-electron chi connectivity index (χ2n) is 9.70. The summed E-state index contributed by atoms with van der Waals surface area (Å²) in [6, 6.07) is 5.07. The van der Waals surface area contributed by atoms with Gasteiger partial charge in [0.15, 0.2) is 11.6 Å². The van der Waals surface area contributed by atoms with Gasteiger partial charge in [-0.1, -0.05) is 11.6 Å². The van der Waals surface area contributed by atoms with Crippen molar-refractivity contribution in [3.63, 3.8) is 0 Å². The highest BCUT2D eigenvalue weighted by atomic mass is 35.5. The Morgan fingerprint density at radius 3 is 2.49 bits per heavy atom. The quantitative estimate of drug-likeness (QED) is 0.246. The molecule has 2 aromatic rings. The standard InChI is InChI=1S/C28H39ClN6O6/c1-17-25(24(18(2)30)19(3)36)32-26(22-14-21(6-7-23(22)29)41-16-20(37)15-31-4)33-27(17)34-8-10-35(11-9-34)28(38)40-13-12-39-5/h6-7,14,20,31,37H,8-13,15-16,30H2,1-5H3/t20-/m1/s1. The fourth-order valence-corrected chi connectivity index (χ4v) is 4.67. The van der Waals surface area contributed by atoms with Crippen molar-refractivity contribution in [3.05, 3.63) is 40.2 Å². The fraction of sp³-hybridized carbons (Fsp3) is 0.500. The van der Waals surface area contributed by atoms with E-state index in [1.54, 1.807) is 44.2 Å². The Hall–Kier alpha value is -3.45. The number of piperazine rings is 1. The molecular weight excluding hydrogens is 552 g/mol. The highest BCUT2D eigenvalue weighted by Crippen LogP contribution is 2.34. The second kappa shape index (κ2) is 15.0. The van der Waals surface area contributed by atoms with E-state index in [2.05, 4.69) is 5.32 Å². The van der Waals surface area contributed by atoms with Gasteiger partial charge in [-0.05, 0) is 46.0 Å². The number of methoxy groups -OCH3 is 1. The van der Waals surface area contributed by atoms with Gasteiger partial charge in [0.1, 0.15) is 30.9 Å². The number of anilines is 1. The van der Waals surface area contributed by atoms with Gasteiger partial charge in [0, 0.05) is 56.7 Å². The largest absolute Gasteiger partial charge is 0.491 e. The average Bonchev–Trinajstić information content (AvgIpc) is 2.93. The number of aliphatic hydroxyl groups excluding tert-OH is 1. The minimum atomic E-state index is -0.695. The lowest BCUT2D eigenvalue weighted by molar-refractivity contribution is -0.111. The van der Waals surface area contributed by atoms with Gasteiger partial charge >= 0.3 is 6.09 Å². The highest BCUT2D eigenvalue weighted by Gasteiger charge is 2.27. The number of aliphatic hydroxyl groups is 1. The number of nitrogens with one attached hydrogen (secondary N) is 1. The third-order valence-corrected chi connectivity index (χ3v) is 6.84. The first kappa shape index (κ1) is 32.1. The van der Waals surface area contributed by atoms with E-state index < -0.39 is 12.2 Å². The second-order valence-corrected chi connectivity index (χ2v) is 10.1. The Morgan fingerprint density at radius 1 is 1.17 bits per heavy atom. The van der Waals surface area contributed by atoms with Crippen LogP contribution in [0.25, 0.3) is 17.0 Å². The van der Waals surface area contributed by atoms with Crippen molar-refractivity contribution in [1.29, 1.82) is 0 Å². The minimum absolute atomic E-state index is 0.0783. The van der Waals surface area contributed by atoms with Crippen LogP contribution in [0.4, 0.5) is 10.6 Å². The first-order chi connectivity index (χ1) is 19.6. The molecule has 1 saturated heterocycles. The van der Waals surface area contributed by atoms with Crippen molar-refractivity contribution in [2.24, 2.45) is 5.73 Å². The molecule has 0 bridgehead atoms. The maximum Gasteiger partial charge on any atom is 0.409 e. The van der Waals surface area contributed by atoms with Crippen LogP contribution in [0.15, 0.2) is 23.9 Å². The van der Waals surface area contributed by atoms with Crippen LogP contribution in [-0.4, -0.2) is 105 Å². The number of Topliss-reactive ketones (excluding diaryl/α,β-unsaturated/α-hetero) is 1. The molecule has 1 aromatic carbocycles. The van der Waals surface area contributed by atoms with Crippen molar-refractivity contribution in [2.75, 3.05) is 71.6 Å². The number of amides is 1. The summed E-state index contributed by atoms with van der Waals surface area (Å²) in [4.78, 5) is 38.4. The van der Waals surface area contributed by atoms with Crippen LogP contribution in [0.3, 0.4) is 0 Å². The molecule has 41 heavy (non-hydrogen) atoms. The van der Waals surface area contributed by atoms with Gasteiger partial charge < -0.3 is 40.2 Å². The number of halogens is 1. The molecule has 0 radical (unpaired) electrons. The maximum atomic E-state index is 12.7. The summed E-state index contributed by atoms with van der Waals surface area (Å²) in [5.41, 5.74) is 8.36. The van der Waals surface area contributed by atoms with Gasteiger partial charge in [0.25, 0.3) is 0 Å². The summed E-state index contributed by atoms with van der Waals surface area (Å²) in [5.74, 6) is 1.14. The number of ketones is 1. The number of rotatable bonds is 12. The molecule has 0 spiro atoms. The molecule has 0 aliphatic carbocycles. The lowest BCUT2D eigenvalue weighted by Gasteiger charge is -2.35. The molecule has 12 nitrogen and oxygen atoms in total. The summed E-state index contributed by atoms with van der Waals surface area (Å²) in [7, 11) is 3.29. The Labute approximate surface area is 245 Å². The number of aromatic nitrogens is 2. The number of hydrogen-bond donors (Lipinski definition) is 3. The molecule has 1 fully saturated rings. The third-order valence-electron chi connectivity index (χ3n) is 6.51. The molecule has 0 saturated carbocycles. The number of ether oxygens (including phenoxy) is 3. The van der Waals surface area contributed by atoms with Gasteiger partial charge in [-0.3, -0.25) is 4.79 Å². The number of nitrogens with two attached hydrogens (primary N) is 1. The van der Waals surface area contributed by atoms with Crippen LogP contribution in [0.5, 0.6) is 5.75 Å². The number of hydrogen-bond acceptors (Lipinski definition) is 11. The van der Waals surface area contributed by atoms with Crippen molar-refractivity contribution in [2.45, 2.75) is 26.9 Å². The predicted molar refractivity (Wildman–Crippen MR) is 157 cm³/mol.